The van der Waals surface area contributed by atoms with Gasteiger partial charge in [0.2, 0.25) is 0 Å². The van der Waals surface area contributed by atoms with Gasteiger partial charge < -0.3 is 5.32 Å². The standard InChI is InChI=1S/C8H11F2NO/c1-4-6(5-2)11-7(12)8(3,9)10/h1,6H,5H2,2-3H3,(H,11,12). The third kappa shape index (κ3) is 3.33. The molecule has 0 rings (SSSR count). The summed E-state index contributed by atoms with van der Waals surface area (Å²) < 4.78 is 24.5. The Morgan fingerprint density at radius 2 is 2.25 bits per heavy atom. The molecular formula is C8H11F2NO. The van der Waals surface area contributed by atoms with Crippen molar-refractivity contribution in [2.45, 2.75) is 32.2 Å². The van der Waals surface area contributed by atoms with Gasteiger partial charge in [-0.25, -0.2) is 0 Å². The van der Waals surface area contributed by atoms with E-state index in [-0.39, 0.29) is 0 Å². The van der Waals surface area contributed by atoms with Crippen molar-refractivity contribution in [3.63, 3.8) is 0 Å². The molecular weight excluding hydrogens is 164 g/mol. The summed E-state index contributed by atoms with van der Waals surface area (Å²) in [5.41, 5.74) is 0. The van der Waals surface area contributed by atoms with E-state index in [1.807, 2.05) is 5.32 Å². The van der Waals surface area contributed by atoms with E-state index in [4.69, 9.17) is 6.42 Å². The third-order valence-corrected chi connectivity index (χ3v) is 1.31. The van der Waals surface area contributed by atoms with Crippen molar-refractivity contribution < 1.29 is 13.6 Å². The fourth-order valence-electron chi connectivity index (χ4n) is 0.547. The molecule has 0 aromatic carbocycles. The lowest BCUT2D eigenvalue weighted by molar-refractivity contribution is -0.143. The molecule has 0 aromatic heterocycles. The second-order valence-electron chi connectivity index (χ2n) is 2.49. The number of carbonyl (C=O) groups is 1. The first-order valence-electron chi connectivity index (χ1n) is 3.56. The van der Waals surface area contributed by atoms with Gasteiger partial charge in [0.1, 0.15) is 0 Å². The van der Waals surface area contributed by atoms with Crippen molar-refractivity contribution in [2.24, 2.45) is 0 Å². The van der Waals surface area contributed by atoms with Crippen molar-refractivity contribution in [1.29, 1.82) is 0 Å². The quantitative estimate of drug-likeness (QED) is 0.641. The first-order chi connectivity index (χ1) is 5.41. The Morgan fingerprint density at radius 1 is 1.75 bits per heavy atom. The van der Waals surface area contributed by atoms with Gasteiger partial charge in [-0.3, -0.25) is 4.79 Å². The molecule has 0 saturated heterocycles. The topological polar surface area (TPSA) is 29.1 Å². The maximum atomic E-state index is 12.3. The van der Waals surface area contributed by atoms with Crippen LogP contribution >= 0.6 is 0 Å². The summed E-state index contributed by atoms with van der Waals surface area (Å²) >= 11 is 0. The van der Waals surface area contributed by atoms with E-state index in [0.717, 1.165) is 0 Å². The summed E-state index contributed by atoms with van der Waals surface area (Å²) in [6.07, 6.45) is 5.41. The van der Waals surface area contributed by atoms with Crippen LogP contribution in [-0.2, 0) is 4.79 Å². The first-order valence-corrected chi connectivity index (χ1v) is 3.56. The monoisotopic (exact) mass is 175 g/mol. The molecule has 0 aliphatic heterocycles. The number of halogens is 2. The molecule has 0 spiro atoms. The zero-order valence-electron chi connectivity index (χ0n) is 7.03. The second-order valence-corrected chi connectivity index (χ2v) is 2.49. The first kappa shape index (κ1) is 10.9. The van der Waals surface area contributed by atoms with Gasteiger partial charge in [-0.05, 0) is 6.42 Å². The minimum Gasteiger partial charge on any atom is -0.337 e. The Kier molecular flexibility index (Phi) is 3.68. The number of hydrogen-bond acceptors (Lipinski definition) is 1. The Labute approximate surface area is 70.3 Å². The van der Waals surface area contributed by atoms with Gasteiger partial charge in [-0.2, -0.15) is 8.78 Å². The van der Waals surface area contributed by atoms with Crippen LogP contribution in [0.2, 0.25) is 0 Å². The smallest absolute Gasteiger partial charge is 0.321 e. The summed E-state index contributed by atoms with van der Waals surface area (Å²) in [7, 11) is 0. The van der Waals surface area contributed by atoms with Crippen molar-refractivity contribution in [2.75, 3.05) is 0 Å². The zero-order chi connectivity index (χ0) is 9.78. The molecule has 68 valence electrons. The minimum absolute atomic E-state index is 0.443. The minimum atomic E-state index is -3.36. The largest absolute Gasteiger partial charge is 0.337 e. The lowest BCUT2D eigenvalue weighted by atomic mass is 10.2. The van der Waals surface area contributed by atoms with Crippen molar-refractivity contribution >= 4 is 5.91 Å². The van der Waals surface area contributed by atoms with Crippen LogP contribution in [0.4, 0.5) is 8.78 Å². The summed E-state index contributed by atoms with van der Waals surface area (Å²) in [5.74, 6) is -2.49. The van der Waals surface area contributed by atoms with Gasteiger partial charge in [-0.15, -0.1) is 6.42 Å². The zero-order valence-corrected chi connectivity index (χ0v) is 7.03. The molecule has 2 nitrogen and oxygen atoms in total. The molecule has 0 saturated carbocycles. The second kappa shape index (κ2) is 4.05. The number of amides is 1. The molecule has 1 amide bonds. The average molecular weight is 175 g/mol. The maximum absolute atomic E-state index is 12.3. The van der Waals surface area contributed by atoms with Crippen LogP contribution in [0.5, 0.6) is 0 Å². The Balaban J connectivity index is 4.11. The molecule has 0 fully saturated rings. The number of alkyl halides is 2. The van der Waals surface area contributed by atoms with Crippen LogP contribution in [0.1, 0.15) is 20.3 Å². The van der Waals surface area contributed by atoms with Gasteiger partial charge in [0.05, 0.1) is 6.04 Å². The van der Waals surface area contributed by atoms with Gasteiger partial charge in [0, 0.05) is 6.92 Å². The normalized spacial score (nSPS) is 13.2. The van der Waals surface area contributed by atoms with Gasteiger partial charge in [0.25, 0.3) is 5.91 Å². The highest BCUT2D eigenvalue weighted by Crippen LogP contribution is 2.11. The van der Waals surface area contributed by atoms with Crippen molar-refractivity contribution in [1.82, 2.24) is 5.32 Å². The van der Waals surface area contributed by atoms with E-state index >= 15 is 0 Å². The van der Waals surface area contributed by atoms with E-state index in [2.05, 4.69) is 5.92 Å². The molecule has 0 heterocycles. The van der Waals surface area contributed by atoms with Gasteiger partial charge >= 0.3 is 5.92 Å². The number of terminal acetylenes is 1. The van der Waals surface area contributed by atoms with E-state index in [1.165, 1.54) is 0 Å². The van der Waals surface area contributed by atoms with Crippen LogP contribution in [0, 0.1) is 12.3 Å². The molecule has 1 unspecified atom stereocenters. The lowest BCUT2D eigenvalue weighted by Crippen LogP contribution is -2.42. The van der Waals surface area contributed by atoms with Crippen LogP contribution in [0.15, 0.2) is 0 Å². The predicted octanol–water partition coefficient (Wildman–Crippen LogP) is 1.17. The molecule has 0 radical (unpaired) electrons. The maximum Gasteiger partial charge on any atom is 0.321 e. The van der Waals surface area contributed by atoms with Crippen LogP contribution < -0.4 is 5.32 Å². The molecule has 0 aliphatic rings. The summed E-state index contributed by atoms with van der Waals surface area (Å²) in [6.45, 7) is 2.24. The summed E-state index contributed by atoms with van der Waals surface area (Å²) in [4.78, 5) is 10.6. The molecule has 12 heavy (non-hydrogen) atoms. The van der Waals surface area contributed by atoms with Crippen LogP contribution in [0.3, 0.4) is 0 Å². The number of carbonyl (C=O) groups excluding carboxylic acids is 1. The Morgan fingerprint density at radius 3 is 2.50 bits per heavy atom. The Bertz CT molecular complexity index is 202. The highest BCUT2D eigenvalue weighted by molar-refractivity contribution is 5.83. The van der Waals surface area contributed by atoms with Crippen LogP contribution in [-0.4, -0.2) is 17.9 Å². The van der Waals surface area contributed by atoms with E-state index < -0.39 is 17.9 Å². The lowest BCUT2D eigenvalue weighted by Gasteiger charge is -2.14. The van der Waals surface area contributed by atoms with Crippen LogP contribution in [0.25, 0.3) is 0 Å². The third-order valence-electron chi connectivity index (χ3n) is 1.31. The number of nitrogens with one attached hydrogen (secondary N) is 1. The van der Waals surface area contributed by atoms with Gasteiger partial charge in [-0.1, -0.05) is 12.8 Å². The summed E-state index contributed by atoms with van der Waals surface area (Å²) in [6, 6.07) is -0.608. The number of rotatable bonds is 3. The number of hydrogen-bond donors (Lipinski definition) is 1. The van der Waals surface area contributed by atoms with Crippen molar-refractivity contribution in [3.8, 4) is 12.3 Å². The SMILES string of the molecule is C#CC(CC)NC(=O)C(C)(F)F. The van der Waals surface area contributed by atoms with E-state index in [9.17, 15) is 13.6 Å². The predicted molar refractivity (Wildman–Crippen MR) is 41.7 cm³/mol. The highest BCUT2D eigenvalue weighted by atomic mass is 19.3. The summed E-state index contributed by atoms with van der Waals surface area (Å²) in [5, 5.41) is 2.03. The molecule has 1 N–H and O–H groups in total. The molecule has 0 aromatic rings. The van der Waals surface area contributed by atoms with Crippen molar-refractivity contribution in [3.05, 3.63) is 0 Å². The highest BCUT2D eigenvalue weighted by Gasteiger charge is 2.32. The molecule has 1 atom stereocenters. The molecule has 0 bridgehead atoms. The average Bonchev–Trinajstić information content (AvgIpc) is 1.97. The van der Waals surface area contributed by atoms with Gasteiger partial charge in [0.15, 0.2) is 0 Å². The van der Waals surface area contributed by atoms with E-state index in [1.54, 1.807) is 6.92 Å². The Hall–Kier alpha value is -1.11. The fourth-order valence-corrected chi connectivity index (χ4v) is 0.547. The van der Waals surface area contributed by atoms with E-state index in [0.29, 0.717) is 13.3 Å². The molecule has 4 heteroatoms. The fraction of sp³-hybridized carbons (Fsp3) is 0.625. The molecule has 0 aliphatic carbocycles.